The second kappa shape index (κ2) is 8.33. The molecule has 0 saturated heterocycles. The van der Waals surface area contributed by atoms with Crippen molar-refractivity contribution in [3.63, 3.8) is 0 Å². The Morgan fingerprint density at radius 3 is 2.25 bits per heavy atom. The highest BCUT2D eigenvalue weighted by Gasteiger charge is 2.15. The Kier molecular flexibility index (Phi) is 6.76. The number of ether oxygens (including phenoxy) is 2. The van der Waals surface area contributed by atoms with E-state index in [9.17, 15) is 9.59 Å². The Hall–Kier alpha value is -2.57. The molecule has 7 nitrogen and oxygen atoms in total. The summed E-state index contributed by atoms with van der Waals surface area (Å²) in [7, 11) is 3.35. The number of nitrogens with zero attached hydrogens (tertiary/aromatic N) is 2. The van der Waals surface area contributed by atoms with Crippen LogP contribution in [0.4, 0.5) is 4.79 Å². The quantitative estimate of drug-likeness (QED) is 0.662. The minimum atomic E-state index is -0.607. The van der Waals surface area contributed by atoms with Crippen molar-refractivity contribution >= 4 is 17.7 Å². The lowest BCUT2D eigenvalue weighted by molar-refractivity contribution is -0.130. The van der Waals surface area contributed by atoms with Crippen LogP contribution in [0.5, 0.6) is 5.75 Å². The first kappa shape index (κ1) is 19.5. The summed E-state index contributed by atoms with van der Waals surface area (Å²) in [5.74, 6) is 0.472. The molecular formula is C17H25N3O4. The smallest absolute Gasteiger partial charge is 0.428 e. The van der Waals surface area contributed by atoms with Gasteiger partial charge < -0.3 is 14.4 Å². The fourth-order valence-corrected chi connectivity index (χ4v) is 1.56. The van der Waals surface area contributed by atoms with Crippen LogP contribution in [-0.2, 0) is 9.53 Å². The topological polar surface area (TPSA) is 80.2 Å². The zero-order chi connectivity index (χ0) is 18.3. The van der Waals surface area contributed by atoms with Crippen molar-refractivity contribution in [1.29, 1.82) is 0 Å². The van der Waals surface area contributed by atoms with Gasteiger partial charge in [-0.2, -0.15) is 5.10 Å². The van der Waals surface area contributed by atoms with Crippen LogP contribution in [0.15, 0.2) is 29.4 Å². The molecule has 0 aromatic heterocycles. The van der Waals surface area contributed by atoms with E-state index in [0.717, 1.165) is 5.56 Å². The average molecular weight is 335 g/mol. The van der Waals surface area contributed by atoms with Gasteiger partial charge in [-0.05, 0) is 57.5 Å². The van der Waals surface area contributed by atoms with E-state index in [1.165, 1.54) is 4.90 Å². The summed E-state index contributed by atoms with van der Waals surface area (Å²) in [6.07, 6.45) is -0.607. The van der Waals surface area contributed by atoms with Crippen LogP contribution >= 0.6 is 0 Å². The van der Waals surface area contributed by atoms with E-state index < -0.39 is 11.7 Å². The number of hydrogen-bond acceptors (Lipinski definition) is 5. The molecule has 1 N–H and O–H groups in total. The molecule has 0 aliphatic heterocycles. The molecule has 1 rings (SSSR count). The number of benzene rings is 1. The number of carbonyl (C=O) groups is 2. The zero-order valence-electron chi connectivity index (χ0n) is 15.0. The van der Waals surface area contributed by atoms with Gasteiger partial charge in [0, 0.05) is 14.1 Å². The molecule has 0 spiro atoms. The van der Waals surface area contributed by atoms with Crippen LogP contribution in [0.25, 0.3) is 0 Å². The van der Waals surface area contributed by atoms with Gasteiger partial charge in [0.05, 0.1) is 5.71 Å². The van der Waals surface area contributed by atoms with Crippen molar-refractivity contribution in [3.8, 4) is 5.75 Å². The molecule has 2 amide bonds. The highest BCUT2D eigenvalue weighted by atomic mass is 16.6. The van der Waals surface area contributed by atoms with Gasteiger partial charge in [0.2, 0.25) is 0 Å². The SMILES string of the molecule is C/C(=N/NC(=O)OC(C)(C)C)c1ccc(OCC(=O)N(C)C)cc1. The summed E-state index contributed by atoms with van der Waals surface area (Å²) < 4.78 is 10.5. The molecule has 0 atom stereocenters. The minimum absolute atomic E-state index is 0.0143. The fraction of sp³-hybridized carbons (Fsp3) is 0.471. The number of nitrogens with one attached hydrogen (secondary N) is 1. The van der Waals surface area contributed by atoms with Crippen LogP contribution < -0.4 is 10.2 Å². The first-order chi connectivity index (χ1) is 11.1. The van der Waals surface area contributed by atoms with E-state index in [-0.39, 0.29) is 12.5 Å². The molecule has 0 saturated carbocycles. The third-order valence-corrected chi connectivity index (χ3v) is 2.85. The normalized spacial score (nSPS) is 11.7. The molecule has 0 bridgehead atoms. The Morgan fingerprint density at radius 1 is 1.17 bits per heavy atom. The molecule has 0 fully saturated rings. The number of carbonyl (C=O) groups excluding carboxylic acids is 2. The monoisotopic (exact) mass is 335 g/mol. The highest BCUT2D eigenvalue weighted by molar-refractivity contribution is 5.99. The van der Waals surface area contributed by atoms with Gasteiger partial charge >= 0.3 is 6.09 Å². The van der Waals surface area contributed by atoms with Gasteiger partial charge in [-0.25, -0.2) is 10.2 Å². The molecule has 0 radical (unpaired) electrons. The van der Waals surface area contributed by atoms with Crippen molar-refractivity contribution in [1.82, 2.24) is 10.3 Å². The van der Waals surface area contributed by atoms with Crippen molar-refractivity contribution in [2.75, 3.05) is 20.7 Å². The Balaban J connectivity index is 2.60. The number of hydrogen-bond donors (Lipinski definition) is 1. The van der Waals surface area contributed by atoms with Crippen molar-refractivity contribution < 1.29 is 19.1 Å². The molecule has 0 unspecified atom stereocenters. The van der Waals surface area contributed by atoms with Crippen LogP contribution in [-0.4, -0.2) is 48.9 Å². The Morgan fingerprint density at radius 2 is 1.75 bits per heavy atom. The first-order valence-electron chi connectivity index (χ1n) is 7.55. The third kappa shape index (κ3) is 7.13. The van der Waals surface area contributed by atoms with Gasteiger partial charge in [0.1, 0.15) is 11.4 Å². The second-order valence-corrected chi connectivity index (χ2v) is 6.41. The largest absolute Gasteiger partial charge is 0.484 e. The predicted molar refractivity (Wildman–Crippen MR) is 92.2 cm³/mol. The standard InChI is InChI=1S/C17H25N3O4/c1-12(18-19-16(22)24-17(2,3)4)13-7-9-14(10-8-13)23-11-15(21)20(5)6/h7-10H,11H2,1-6H3,(H,19,22)/b18-12-. The van der Waals surface area contributed by atoms with Crippen LogP contribution in [0.3, 0.4) is 0 Å². The molecule has 132 valence electrons. The first-order valence-corrected chi connectivity index (χ1v) is 7.55. The van der Waals surface area contributed by atoms with Crippen molar-refractivity contribution in [2.45, 2.75) is 33.3 Å². The predicted octanol–water partition coefficient (Wildman–Crippen LogP) is 2.40. The molecule has 0 heterocycles. The maximum absolute atomic E-state index is 11.6. The summed E-state index contributed by atoms with van der Waals surface area (Å²) in [6.45, 7) is 7.09. The summed E-state index contributed by atoms with van der Waals surface area (Å²) in [4.78, 5) is 24.5. The molecule has 0 aliphatic rings. The fourth-order valence-electron chi connectivity index (χ4n) is 1.56. The number of likely N-dealkylation sites (N-methyl/N-ethyl adjacent to an activating group) is 1. The molecule has 1 aromatic rings. The van der Waals surface area contributed by atoms with E-state index in [1.54, 1.807) is 66.1 Å². The lowest BCUT2D eigenvalue weighted by atomic mass is 10.1. The molecule has 1 aromatic carbocycles. The lowest BCUT2D eigenvalue weighted by Crippen LogP contribution is -2.30. The summed E-state index contributed by atoms with van der Waals surface area (Å²) in [5, 5.41) is 4.00. The van der Waals surface area contributed by atoms with Crippen molar-refractivity contribution in [3.05, 3.63) is 29.8 Å². The van der Waals surface area contributed by atoms with Crippen LogP contribution in [0, 0.1) is 0 Å². The van der Waals surface area contributed by atoms with Crippen LogP contribution in [0.2, 0.25) is 0 Å². The molecule has 0 aliphatic carbocycles. The van der Waals surface area contributed by atoms with Crippen LogP contribution in [0.1, 0.15) is 33.3 Å². The zero-order valence-corrected chi connectivity index (χ0v) is 15.0. The maximum Gasteiger partial charge on any atom is 0.428 e. The molecule has 7 heteroatoms. The van der Waals surface area contributed by atoms with Gasteiger partial charge in [-0.15, -0.1) is 0 Å². The van der Waals surface area contributed by atoms with Gasteiger partial charge in [-0.3, -0.25) is 4.79 Å². The van der Waals surface area contributed by atoms with E-state index >= 15 is 0 Å². The van der Waals surface area contributed by atoms with E-state index in [4.69, 9.17) is 9.47 Å². The lowest BCUT2D eigenvalue weighted by Gasteiger charge is -2.18. The van der Waals surface area contributed by atoms with Gasteiger partial charge in [0.15, 0.2) is 6.61 Å². The second-order valence-electron chi connectivity index (χ2n) is 6.41. The Labute approximate surface area is 142 Å². The summed E-state index contributed by atoms with van der Waals surface area (Å²) in [6, 6.07) is 7.08. The summed E-state index contributed by atoms with van der Waals surface area (Å²) >= 11 is 0. The third-order valence-electron chi connectivity index (χ3n) is 2.85. The van der Waals surface area contributed by atoms with E-state index in [1.807, 2.05) is 0 Å². The maximum atomic E-state index is 11.6. The minimum Gasteiger partial charge on any atom is -0.484 e. The number of amides is 2. The van der Waals surface area contributed by atoms with Crippen molar-refractivity contribution in [2.24, 2.45) is 5.10 Å². The molecular weight excluding hydrogens is 310 g/mol. The van der Waals surface area contributed by atoms with E-state index in [2.05, 4.69) is 10.5 Å². The Bertz CT molecular complexity index is 601. The van der Waals surface area contributed by atoms with Gasteiger partial charge in [0.25, 0.3) is 5.91 Å². The summed E-state index contributed by atoms with van der Waals surface area (Å²) in [5.41, 5.74) is 3.22. The van der Waals surface area contributed by atoms with E-state index in [0.29, 0.717) is 11.5 Å². The number of rotatable bonds is 5. The van der Waals surface area contributed by atoms with Gasteiger partial charge in [-0.1, -0.05) is 0 Å². The average Bonchev–Trinajstić information content (AvgIpc) is 2.49. The molecule has 24 heavy (non-hydrogen) atoms. The highest BCUT2D eigenvalue weighted by Crippen LogP contribution is 2.13. The number of hydrazone groups is 1.